The van der Waals surface area contributed by atoms with Crippen LogP contribution in [0.5, 0.6) is 0 Å². The highest BCUT2D eigenvalue weighted by Gasteiger charge is 2.13. The number of anilines is 2. The van der Waals surface area contributed by atoms with Gasteiger partial charge in [0.25, 0.3) is 0 Å². The molecule has 0 aromatic carbocycles. The van der Waals surface area contributed by atoms with Crippen molar-refractivity contribution in [2.24, 2.45) is 0 Å². The molecule has 0 aliphatic carbocycles. The van der Waals surface area contributed by atoms with Gasteiger partial charge in [-0.3, -0.25) is 0 Å². The van der Waals surface area contributed by atoms with Crippen LogP contribution in [0.2, 0.25) is 0 Å². The molecule has 0 atom stereocenters. The van der Waals surface area contributed by atoms with Gasteiger partial charge in [-0.2, -0.15) is 0 Å². The lowest BCUT2D eigenvalue weighted by molar-refractivity contribution is 0.412. The van der Waals surface area contributed by atoms with Gasteiger partial charge in [0, 0.05) is 31.7 Å². The average Bonchev–Trinajstić information content (AvgIpc) is 2.37. The number of nitrogens with zero attached hydrogens (tertiary/aromatic N) is 4. The summed E-state index contributed by atoms with van der Waals surface area (Å²) in [5.74, 6) is 1.99. The Morgan fingerprint density at radius 3 is 2.42 bits per heavy atom. The van der Waals surface area contributed by atoms with Gasteiger partial charge in [-0.15, -0.1) is 0 Å². The first-order valence-corrected chi connectivity index (χ1v) is 7.05. The molecule has 0 saturated heterocycles. The zero-order valence-electron chi connectivity index (χ0n) is 12.9. The van der Waals surface area contributed by atoms with Crippen molar-refractivity contribution in [2.75, 3.05) is 50.5 Å². The fraction of sp³-hybridized carbons (Fsp3) is 0.714. The van der Waals surface area contributed by atoms with Crippen molar-refractivity contribution >= 4 is 11.6 Å². The molecule has 5 heteroatoms. The summed E-state index contributed by atoms with van der Waals surface area (Å²) in [6, 6.07) is 0. The van der Waals surface area contributed by atoms with Crippen molar-refractivity contribution in [3.63, 3.8) is 0 Å². The number of aromatic nitrogens is 2. The molecule has 0 spiro atoms. The molecule has 0 radical (unpaired) electrons. The van der Waals surface area contributed by atoms with Gasteiger partial charge in [0.05, 0.1) is 0 Å². The van der Waals surface area contributed by atoms with E-state index in [0.29, 0.717) is 0 Å². The Morgan fingerprint density at radius 1 is 1.11 bits per heavy atom. The van der Waals surface area contributed by atoms with Crippen molar-refractivity contribution in [1.29, 1.82) is 0 Å². The number of hydrogen-bond acceptors (Lipinski definition) is 5. The van der Waals surface area contributed by atoms with E-state index >= 15 is 0 Å². The van der Waals surface area contributed by atoms with Crippen LogP contribution in [0.15, 0.2) is 6.33 Å². The lowest BCUT2D eigenvalue weighted by Crippen LogP contribution is -2.33. The molecule has 0 fully saturated rings. The predicted octanol–water partition coefficient (Wildman–Crippen LogP) is 1.99. The Balaban J connectivity index is 2.91. The van der Waals surface area contributed by atoms with Gasteiger partial charge in [-0.25, -0.2) is 9.97 Å². The van der Waals surface area contributed by atoms with Gasteiger partial charge in [0.15, 0.2) is 0 Å². The maximum absolute atomic E-state index is 4.47. The van der Waals surface area contributed by atoms with Gasteiger partial charge in [0.2, 0.25) is 0 Å². The zero-order chi connectivity index (χ0) is 14.3. The van der Waals surface area contributed by atoms with E-state index in [1.54, 1.807) is 6.33 Å². The van der Waals surface area contributed by atoms with Crippen molar-refractivity contribution < 1.29 is 0 Å². The van der Waals surface area contributed by atoms with Gasteiger partial charge in [0.1, 0.15) is 18.0 Å². The van der Waals surface area contributed by atoms with E-state index in [-0.39, 0.29) is 0 Å². The number of likely N-dealkylation sites (N-methyl/N-ethyl adjacent to an activating group) is 1. The summed E-state index contributed by atoms with van der Waals surface area (Å²) in [4.78, 5) is 13.3. The molecule has 0 unspecified atom stereocenters. The summed E-state index contributed by atoms with van der Waals surface area (Å²) in [5, 5.41) is 3.29. The van der Waals surface area contributed by atoms with Crippen LogP contribution >= 0.6 is 0 Å². The molecule has 0 aliphatic heterocycles. The fourth-order valence-electron chi connectivity index (χ4n) is 2.02. The molecule has 0 bridgehead atoms. The second-order valence-electron chi connectivity index (χ2n) is 4.99. The smallest absolute Gasteiger partial charge is 0.137 e. The summed E-state index contributed by atoms with van der Waals surface area (Å²) < 4.78 is 0. The Labute approximate surface area is 117 Å². The third kappa shape index (κ3) is 4.67. The van der Waals surface area contributed by atoms with Crippen LogP contribution in [0, 0.1) is 6.92 Å². The van der Waals surface area contributed by atoms with Crippen molar-refractivity contribution in [3.8, 4) is 0 Å². The number of rotatable bonds is 8. The van der Waals surface area contributed by atoms with Gasteiger partial charge in [-0.05, 0) is 34.4 Å². The minimum absolute atomic E-state index is 0.878. The highest BCUT2D eigenvalue weighted by Crippen LogP contribution is 2.22. The zero-order valence-corrected chi connectivity index (χ0v) is 12.9. The minimum atomic E-state index is 0.878. The molecule has 0 aliphatic rings. The minimum Gasteiger partial charge on any atom is -0.370 e. The molecule has 5 nitrogen and oxygen atoms in total. The molecule has 1 aromatic heterocycles. The lowest BCUT2D eigenvalue weighted by Gasteiger charge is -2.26. The Hall–Kier alpha value is -1.36. The highest BCUT2D eigenvalue weighted by molar-refractivity contribution is 5.57. The van der Waals surface area contributed by atoms with Crippen LogP contribution < -0.4 is 10.2 Å². The first-order valence-electron chi connectivity index (χ1n) is 7.05. The number of hydrogen-bond donors (Lipinski definition) is 1. The van der Waals surface area contributed by atoms with E-state index < -0.39 is 0 Å². The van der Waals surface area contributed by atoms with E-state index in [0.717, 1.165) is 49.8 Å². The molecule has 0 amide bonds. The summed E-state index contributed by atoms with van der Waals surface area (Å²) in [6.45, 7) is 10.3. The number of nitrogens with one attached hydrogen (secondary N) is 1. The molecule has 1 rings (SSSR count). The van der Waals surface area contributed by atoms with Crippen LogP contribution in [-0.2, 0) is 0 Å². The van der Waals surface area contributed by atoms with Gasteiger partial charge in [-0.1, -0.05) is 6.92 Å². The molecule has 1 heterocycles. The highest BCUT2D eigenvalue weighted by atomic mass is 15.2. The lowest BCUT2D eigenvalue weighted by atomic mass is 10.2. The van der Waals surface area contributed by atoms with Crippen LogP contribution in [0.1, 0.15) is 25.8 Å². The van der Waals surface area contributed by atoms with Crippen molar-refractivity contribution in [1.82, 2.24) is 14.9 Å². The second kappa shape index (κ2) is 7.94. The SMILES string of the molecule is CCCN(CCN(C)C)c1ncnc(NCC)c1C. The fourth-order valence-corrected chi connectivity index (χ4v) is 2.02. The third-order valence-electron chi connectivity index (χ3n) is 3.01. The molecular weight excluding hydrogens is 238 g/mol. The quantitative estimate of drug-likeness (QED) is 0.779. The topological polar surface area (TPSA) is 44.3 Å². The Kier molecular flexibility index (Phi) is 6.56. The predicted molar refractivity (Wildman–Crippen MR) is 82.0 cm³/mol. The van der Waals surface area contributed by atoms with Gasteiger partial charge >= 0.3 is 0 Å². The van der Waals surface area contributed by atoms with E-state index in [1.807, 2.05) is 0 Å². The first kappa shape index (κ1) is 15.7. The van der Waals surface area contributed by atoms with Crippen molar-refractivity contribution in [2.45, 2.75) is 27.2 Å². The maximum atomic E-state index is 4.47. The van der Waals surface area contributed by atoms with E-state index in [9.17, 15) is 0 Å². The summed E-state index contributed by atoms with van der Waals surface area (Å²) in [5.41, 5.74) is 1.14. The van der Waals surface area contributed by atoms with Gasteiger partial charge < -0.3 is 15.1 Å². The summed E-state index contributed by atoms with van der Waals surface area (Å²) in [7, 11) is 4.20. The van der Waals surface area contributed by atoms with Crippen LogP contribution in [-0.4, -0.2) is 55.1 Å². The molecule has 108 valence electrons. The molecule has 1 N–H and O–H groups in total. The molecule has 19 heavy (non-hydrogen) atoms. The van der Waals surface area contributed by atoms with E-state index in [2.05, 4.69) is 60.0 Å². The monoisotopic (exact) mass is 265 g/mol. The van der Waals surface area contributed by atoms with Crippen LogP contribution in [0.25, 0.3) is 0 Å². The summed E-state index contributed by atoms with van der Waals surface area (Å²) >= 11 is 0. The largest absolute Gasteiger partial charge is 0.370 e. The summed E-state index contributed by atoms with van der Waals surface area (Å²) in [6.07, 6.45) is 2.77. The molecule has 0 saturated carbocycles. The van der Waals surface area contributed by atoms with E-state index in [1.165, 1.54) is 0 Å². The standard InChI is InChI=1S/C14H27N5/c1-6-8-19(10-9-18(4)5)14-12(3)13(15-7-2)16-11-17-14/h11H,6-10H2,1-5H3,(H,15,16,17). The van der Waals surface area contributed by atoms with Crippen molar-refractivity contribution in [3.05, 3.63) is 11.9 Å². The maximum Gasteiger partial charge on any atom is 0.137 e. The first-order chi connectivity index (χ1) is 9.10. The Bertz CT molecular complexity index is 378. The van der Waals surface area contributed by atoms with E-state index in [4.69, 9.17) is 0 Å². The van der Waals surface area contributed by atoms with Crippen LogP contribution in [0.3, 0.4) is 0 Å². The van der Waals surface area contributed by atoms with Crippen LogP contribution in [0.4, 0.5) is 11.6 Å². The third-order valence-corrected chi connectivity index (χ3v) is 3.01. The molecule has 1 aromatic rings. The Morgan fingerprint density at radius 2 is 1.84 bits per heavy atom. The second-order valence-corrected chi connectivity index (χ2v) is 4.99. The molecular formula is C14H27N5. The normalized spacial score (nSPS) is 10.8. The average molecular weight is 265 g/mol.